The van der Waals surface area contributed by atoms with Gasteiger partial charge in [0.2, 0.25) is 0 Å². The van der Waals surface area contributed by atoms with Crippen molar-refractivity contribution in [3.63, 3.8) is 0 Å². The number of hydrogen-bond acceptors (Lipinski definition) is 4. The van der Waals surface area contributed by atoms with E-state index in [4.69, 9.17) is 9.47 Å². The van der Waals surface area contributed by atoms with Gasteiger partial charge in [-0.1, -0.05) is 13.8 Å². The molecule has 1 heterocycles. The van der Waals surface area contributed by atoms with Gasteiger partial charge in [0.05, 0.1) is 13.0 Å². The van der Waals surface area contributed by atoms with Crippen LogP contribution in [-0.4, -0.2) is 49.3 Å². The molecule has 0 atom stereocenters. The Morgan fingerprint density at radius 3 is 2.29 bits per heavy atom. The number of hydrogen-bond donors (Lipinski definition) is 0. The molecule has 0 radical (unpaired) electrons. The van der Waals surface area contributed by atoms with E-state index in [1.165, 1.54) is 0 Å². The predicted octanol–water partition coefficient (Wildman–Crippen LogP) is 1.83. The van der Waals surface area contributed by atoms with Gasteiger partial charge in [-0.2, -0.15) is 0 Å². The Hall–Kier alpha value is -0.610. The molecule has 1 aliphatic heterocycles. The topological polar surface area (TPSA) is 38.8 Å². The molecule has 0 aliphatic carbocycles. The van der Waals surface area contributed by atoms with Gasteiger partial charge in [0.1, 0.15) is 0 Å². The molecular formula is C13H25NO3. The molecule has 1 aliphatic rings. The molecule has 0 amide bonds. The second kappa shape index (κ2) is 6.97. The number of esters is 1. The minimum Gasteiger partial charge on any atom is -0.466 e. The molecule has 0 spiro atoms. The second-order valence-electron chi connectivity index (χ2n) is 4.49. The van der Waals surface area contributed by atoms with Gasteiger partial charge in [0, 0.05) is 18.8 Å². The minimum atomic E-state index is -0.0821. The first-order valence-electron chi connectivity index (χ1n) is 6.67. The SMILES string of the molecule is CCOC(=O)CC1(N(CC)CC)CCOCC1. The van der Waals surface area contributed by atoms with Crippen molar-refractivity contribution in [3.05, 3.63) is 0 Å². The van der Waals surface area contributed by atoms with E-state index in [0.717, 1.165) is 39.1 Å². The molecule has 1 rings (SSSR count). The van der Waals surface area contributed by atoms with E-state index < -0.39 is 0 Å². The maximum Gasteiger partial charge on any atom is 0.307 e. The first kappa shape index (κ1) is 14.5. The lowest BCUT2D eigenvalue weighted by Gasteiger charge is -2.45. The van der Waals surface area contributed by atoms with Gasteiger partial charge < -0.3 is 9.47 Å². The molecule has 0 N–H and O–H groups in total. The largest absolute Gasteiger partial charge is 0.466 e. The summed E-state index contributed by atoms with van der Waals surface area (Å²) >= 11 is 0. The number of carbonyl (C=O) groups excluding carboxylic acids is 1. The van der Waals surface area contributed by atoms with Crippen molar-refractivity contribution in [3.8, 4) is 0 Å². The van der Waals surface area contributed by atoms with Crippen LogP contribution in [0.3, 0.4) is 0 Å². The van der Waals surface area contributed by atoms with Crippen LogP contribution in [0.5, 0.6) is 0 Å². The van der Waals surface area contributed by atoms with E-state index in [2.05, 4.69) is 18.7 Å². The Kier molecular flexibility index (Phi) is 5.92. The molecule has 0 saturated carbocycles. The summed E-state index contributed by atoms with van der Waals surface area (Å²) in [6.45, 7) is 10.0. The fourth-order valence-corrected chi connectivity index (χ4v) is 2.73. The average molecular weight is 243 g/mol. The Labute approximate surface area is 104 Å². The first-order chi connectivity index (χ1) is 8.18. The lowest BCUT2D eigenvalue weighted by molar-refractivity contribution is -0.149. The Morgan fingerprint density at radius 1 is 1.24 bits per heavy atom. The molecule has 4 heteroatoms. The zero-order chi connectivity index (χ0) is 12.7. The highest BCUT2D eigenvalue weighted by molar-refractivity contribution is 5.71. The molecule has 17 heavy (non-hydrogen) atoms. The van der Waals surface area contributed by atoms with Gasteiger partial charge in [-0.05, 0) is 32.9 Å². The third-order valence-electron chi connectivity index (χ3n) is 3.64. The van der Waals surface area contributed by atoms with E-state index >= 15 is 0 Å². The van der Waals surface area contributed by atoms with Gasteiger partial charge >= 0.3 is 5.97 Å². The van der Waals surface area contributed by atoms with E-state index in [1.54, 1.807) is 0 Å². The van der Waals surface area contributed by atoms with E-state index in [-0.39, 0.29) is 11.5 Å². The highest BCUT2D eigenvalue weighted by atomic mass is 16.5. The average Bonchev–Trinajstić information content (AvgIpc) is 2.31. The Morgan fingerprint density at radius 2 is 1.82 bits per heavy atom. The second-order valence-corrected chi connectivity index (χ2v) is 4.49. The van der Waals surface area contributed by atoms with E-state index in [0.29, 0.717) is 13.0 Å². The Balaban J connectivity index is 2.73. The molecule has 4 nitrogen and oxygen atoms in total. The van der Waals surface area contributed by atoms with Crippen LogP contribution in [0.2, 0.25) is 0 Å². The molecule has 0 aromatic rings. The van der Waals surface area contributed by atoms with Crippen molar-refractivity contribution in [1.29, 1.82) is 0 Å². The molecule has 0 bridgehead atoms. The van der Waals surface area contributed by atoms with Crippen molar-refractivity contribution in [2.45, 2.75) is 45.6 Å². The van der Waals surface area contributed by atoms with Crippen LogP contribution in [0.15, 0.2) is 0 Å². The molecule has 0 unspecified atom stereocenters. The third kappa shape index (κ3) is 3.68. The molecular weight excluding hydrogens is 218 g/mol. The highest BCUT2D eigenvalue weighted by Gasteiger charge is 2.39. The lowest BCUT2D eigenvalue weighted by Crippen LogP contribution is -2.53. The summed E-state index contributed by atoms with van der Waals surface area (Å²) in [6, 6.07) is 0. The third-order valence-corrected chi connectivity index (χ3v) is 3.64. The predicted molar refractivity (Wildman–Crippen MR) is 67.0 cm³/mol. The summed E-state index contributed by atoms with van der Waals surface area (Å²) in [6.07, 6.45) is 2.34. The van der Waals surface area contributed by atoms with E-state index in [9.17, 15) is 4.79 Å². The quantitative estimate of drug-likeness (QED) is 0.667. The van der Waals surface area contributed by atoms with Gasteiger partial charge in [0.15, 0.2) is 0 Å². The first-order valence-corrected chi connectivity index (χ1v) is 6.67. The molecule has 0 aromatic carbocycles. The minimum absolute atomic E-state index is 0.0476. The monoisotopic (exact) mass is 243 g/mol. The summed E-state index contributed by atoms with van der Waals surface area (Å²) in [4.78, 5) is 14.1. The molecule has 0 aromatic heterocycles. The van der Waals surface area contributed by atoms with Crippen LogP contribution in [0.4, 0.5) is 0 Å². The standard InChI is InChI=1S/C13H25NO3/c1-4-14(5-2)13(7-9-16-10-8-13)11-12(15)17-6-3/h4-11H2,1-3H3. The molecule has 1 saturated heterocycles. The maximum atomic E-state index is 11.8. The summed E-state index contributed by atoms with van der Waals surface area (Å²) in [5.74, 6) is -0.0821. The van der Waals surface area contributed by atoms with Crippen molar-refractivity contribution >= 4 is 5.97 Å². The number of rotatable bonds is 6. The normalized spacial score (nSPS) is 19.3. The van der Waals surface area contributed by atoms with Gasteiger partial charge in [-0.25, -0.2) is 0 Å². The van der Waals surface area contributed by atoms with Crippen LogP contribution in [0.25, 0.3) is 0 Å². The van der Waals surface area contributed by atoms with Crippen LogP contribution < -0.4 is 0 Å². The van der Waals surface area contributed by atoms with Gasteiger partial charge in [-0.3, -0.25) is 9.69 Å². The lowest BCUT2D eigenvalue weighted by atomic mass is 9.84. The number of nitrogens with zero attached hydrogens (tertiary/aromatic N) is 1. The smallest absolute Gasteiger partial charge is 0.307 e. The highest BCUT2D eigenvalue weighted by Crippen LogP contribution is 2.31. The number of ether oxygens (including phenoxy) is 2. The summed E-state index contributed by atoms with van der Waals surface area (Å²) in [5.41, 5.74) is -0.0476. The van der Waals surface area contributed by atoms with Crippen LogP contribution >= 0.6 is 0 Å². The van der Waals surface area contributed by atoms with Crippen LogP contribution in [0, 0.1) is 0 Å². The Bertz CT molecular complexity index is 233. The molecule has 1 fully saturated rings. The van der Waals surface area contributed by atoms with Crippen molar-refractivity contribution in [2.75, 3.05) is 32.9 Å². The van der Waals surface area contributed by atoms with Gasteiger partial charge in [0.25, 0.3) is 0 Å². The maximum absolute atomic E-state index is 11.8. The van der Waals surface area contributed by atoms with Crippen LogP contribution in [0.1, 0.15) is 40.0 Å². The van der Waals surface area contributed by atoms with E-state index in [1.807, 2.05) is 6.92 Å². The summed E-state index contributed by atoms with van der Waals surface area (Å²) < 4.78 is 10.5. The van der Waals surface area contributed by atoms with Crippen LogP contribution in [-0.2, 0) is 14.3 Å². The zero-order valence-corrected chi connectivity index (χ0v) is 11.3. The summed E-state index contributed by atoms with van der Waals surface area (Å²) in [5, 5.41) is 0. The van der Waals surface area contributed by atoms with Crippen molar-refractivity contribution in [2.24, 2.45) is 0 Å². The fraction of sp³-hybridized carbons (Fsp3) is 0.923. The van der Waals surface area contributed by atoms with Gasteiger partial charge in [-0.15, -0.1) is 0 Å². The van der Waals surface area contributed by atoms with Crippen molar-refractivity contribution < 1.29 is 14.3 Å². The summed E-state index contributed by atoms with van der Waals surface area (Å²) in [7, 11) is 0. The molecule has 100 valence electrons. The zero-order valence-electron chi connectivity index (χ0n) is 11.3. The fourth-order valence-electron chi connectivity index (χ4n) is 2.73. The number of carbonyl (C=O) groups is 1. The van der Waals surface area contributed by atoms with Crippen molar-refractivity contribution in [1.82, 2.24) is 4.90 Å².